The van der Waals surface area contributed by atoms with Crippen molar-refractivity contribution in [3.8, 4) is 0 Å². The van der Waals surface area contributed by atoms with Crippen LogP contribution in [0.3, 0.4) is 0 Å². The maximum absolute atomic E-state index is 12.2. The molecule has 0 aromatic rings. The molecular weight excluding hydrogens is 454 g/mol. The van der Waals surface area contributed by atoms with E-state index >= 15 is 0 Å². The van der Waals surface area contributed by atoms with E-state index in [0.717, 1.165) is 38.5 Å². The van der Waals surface area contributed by atoms with Crippen LogP contribution in [-0.4, -0.2) is 31.2 Å². The van der Waals surface area contributed by atoms with Crippen molar-refractivity contribution in [2.75, 3.05) is 13.2 Å². The molecule has 0 aromatic carbocycles. The van der Waals surface area contributed by atoms with E-state index in [1.807, 2.05) is 0 Å². The average Bonchev–Trinajstić information content (AvgIpc) is 2.87. The number of hydrogen-bond acceptors (Lipinski definition) is 5. The summed E-state index contributed by atoms with van der Waals surface area (Å²) in [5.74, 6) is -0.607. The molecule has 1 atom stereocenters. The van der Waals surface area contributed by atoms with Gasteiger partial charge in [-0.1, -0.05) is 135 Å². The van der Waals surface area contributed by atoms with Gasteiger partial charge in [0.25, 0.3) is 0 Å². The van der Waals surface area contributed by atoms with Crippen molar-refractivity contribution in [3.63, 3.8) is 0 Å². The first-order chi connectivity index (χ1) is 17.6. The Bertz CT molecular complexity index is 565. The van der Waals surface area contributed by atoms with Crippen LogP contribution in [0.2, 0.25) is 0 Å². The van der Waals surface area contributed by atoms with Crippen molar-refractivity contribution >= 4 is 11.9 Å². The van der Waals surface area contributed by atoms with Gasteiger partial charge in [0, 0.05) is 17.8 Å². The average molecular weight is 510 g/mol. The molecule has 0 saturated heterocycles. The summed E-state index contributed by atoms with van der Waals surface area (Å²) in [6.07, 6.45) is 24.1. The summed E-state index contributed by atoms with van der Waals surface area (Å²) in [7, 11) is 0. The van der Waals surface area contributed by atoms with Gasteiger partial charge in [0.2, 0.25) is 0 Å². The fourth-order valence-electron chi connectivity index (χ4n) is 4.27. The van der Waals surface area contributed by atoms with Crippen LogP contribution >= 0.6 is 0 Å². The monoisotopic (exact) mass is 509 g/mol. The van der Waals surface area contributed by atoms with Gasteiger partial charge in [-0.25, -0.2) is 0 Å². The molecule has 36 heavy (non-hydrogen) atoms. The molecule has 1 unspecified atom stereocenters. The molecule has 0 radical (unpaired) electrons. The van der Waals surface area contributed by atoms with E-state index in [0.29, 0.717) is 12.8 Å². The van der Waals surface area contributed by atoms with Crippen LogP contribution in [0.1, 0.15) is 155 Å². The van der Waals surface area contributed by atoms with E-state index in [1.165, 1.54) is 89.9 Å². The van der Waals surface area contributed by atoms with E-state index in [4.69, 9.17) is 15.0 Å². The summed E-state index contributed by atoms with van der Waals surface area (Å²) in [6, 6.07) is 0. The Kier molecular flexibility index (Phi) is 26.5. The first-order valence-corrected chi connectivity index (χ1v) is 15.0. The second-order valence-corrected chi connectivity index (χ2v) is 10.1. The van der Waals surface area contributed by atoms with Gasteiger partial charge in [-0.3, -0.25) is 9.59 Å². The van der Waals surface area contributed by atoms with Gasteiger partial charge in [0.1, 0.15) is 12.7 Å². The van der Waals surface area contributed by atoms with Gasteiger partial charge in [-0.05, 0) is 18.4 Å². The van der Waals surface area contributed by atoms with Crippen LogP contribution in [-0.2, 0) is 19.1 Å². The van der Waals surface area contributed by atoms with E-state index in [1.54, 1.807) is 0 Å². The molecule has 0 N–H and O–H groups in total. The minimum absolute atomic E-state index is 0.0220. The standard InChI is InChI=1S/C29H55N3O4/c1-3-5-7-9-11-13-15-17-19-21-23-28(33)35-26-27(25-31-32-30)36-29(34)24-22-20-18-16-14-12-10-8-6-4-2/h27H,3-26H2,1-2H3. The Morgan fingerprint density at radius 3 is 1.44 bits per heavy atom. The number of unbranched alkanes of at least 4 members (excludes halogenated alkanes) is 18. The molecule has 0 aliphatic heterocycles. The van der Waals surface area contributed by atoms with Crippen LogP contribution < -0.4 is 0 Å². The second kappa shape index (κ2) is 27.8. The minimum atomic E-state index is -0.715. The molecule has 0 heterocycles. The normalized spacial score (nSPS) is 11.6. The highest BCUT2D eigenvalue weighted by molar-refractivity contribution is 5.70. The topological polar surface area (TPSA) is 101 Å². The van der Waals surface area contributed by atoms with Crippen molar-refractivity contribution < 1.29 is 19.1 Å². The maximum atomic E-state index is 12.2. The zero-order valence-corrected chi connectivity index (χ0v) is 23.5. The highest BCUT2D eigenvalue weighted by Crippen LogP contribution is 2.13. The maximum Gasteiger partial charge on any atom is 0.306 e. The third-order valence-electron chi connectivity index (χ3n) is 6.55. The highest BCUT2D eigenvalue weighted by atomic mass is 16.6. The van der Waals surface area contributed by atoms with Crippen molar-refractivity contribution in [2.45, 2.75) is 161 Å². The lowest BCUT2D eigenvalue weighted by Gasteiger charge is -2.16. The Hall–Kier alpha value is -1.75. The van der Waals surface area contributed by atoms with E-state index in [-0.39, 0.29) is 25.1 Å². The zero-order chi connectivity index (χ0) is 26.5. The van der Waals surface area contributed by atoms with Crippen molar-refractivity contribution in [1.29, 1.82) is 0 Å². The number of ether oxygens (including phenoxy) is 2. The SMILES string of the molecule is CCCCCCCCCCCCC(=O)OCC(CN=[N+]=[N-])OC(=O)CCCCCCCCCCCC. The molecule has 0 spiro atoms. The fourth-order valence-corrected chi connectivity index (χ4v) is 4.27. The number of carbonyl (C=O) groups is 2. The third kappa shape index (κ3) is 25.3. The molecule has 210 valence electrons. The fraction of sp³-hybridized carbons (Fsp3) is 0.931. The molecule has 0 fully saturated rings. The highest BCUT2D eigenvalue weighted by Gasteiger charge is 2.16. The molecular formula is C29H55N3O4. The molecule has 0 aromatic heterocycles. The number of esters is 2. The van der Waals surface area contributed by atoms with E-state index in [2.05, 4.69) is 23.9 Å². The quantitative estimate of drug-likeness (QED) is 0.0362. The summed E-state index contributed by atoms with van der Waals surface area (Å²) >= 11 is 0. The van der Waals surface area contributed by atoms with Crippen molar-refractivity contribution in [2.24, 2.45) is 5.11 Å². The van der Waals surface area contributed by atoms with Gasteiger partial charge >= 0.3 is 11.9 Å². The van der Waals surface area contributed by atoms with E-state index < -0.39 is 6.10 Å². The van der Waals surface area contributed by atoms with E-state index in [9.17, 15) is 9.59 Å². The number of azide groups is 1. The van der Waals surface area contributed by atoms with Gasteiger partial charge in [0.05, 0.1) is 6.54 Å². The van der Waals surface area contributed by atoms with Gasteiger partial charge in [-0.15, -0.1) is 0 Å². The second-order valence-electron chi connectivity index (χ2n) is 10.1. The predicted octanol–water partition coefficient (Wildman–Crippen LogP) is 9.37. The Labute approximate surface area is 221 Å². The minimum Gasteiger partial charge on any atom is -0.462 e. The Balaban J connectivity index is 3.84. The van der Waals surface area contributed by atoms with Crippen LogP contribution in [0.25, 0.3) is 10.4 Å². The van der Waals surface area contributed by atoms with Crippen LogP contribution in [0, 0.1) is 0 Å². The summed E-state index contributed by atoms with van der Waals surface area (Å²) in [5.41, 5.74) is 8.60. The predicted molar refractivity (Wildman–Crippen MR) is 148 cm³/mol. The molecule has 0 bridgehead atoms. The molecule has 0 amide bonds. The first kappa shape index (κ1) is 34.2. The lowest BCUT2D eigenvalue weighted by atomic mass is 10.1. The smallest absolute Gasteiger partial charge is 0.306 e. The lowest BCUT2D eigenvalue weighted by Crippen LogP contribution is -2.27. The van der Waals surface area contributed by atoms with Crippen LogP contribution in [0.4, 0.5) is 0 Å². The molecule has 0 saturated carbocycles. The summed E-state index contributed by atoms with van der Waals surface area (Å²) < 4.78 is 10.7. The molecule has 0 rings (SSSR count). The number of rotatable bonds is 27. The number of carbonyl (C=O) groups excluding carboxylic acids is 2. The Morgan fingerprint density at radius 1 is 0.639 bits per heavy atom. The van der Waals surface area contributed by atoms with Gasteiger partial charge in [0.15, 0.2) is 0 Å². The third-order valence-corrected chi connectivity index (χ3v) is 6.55. The van der Waals surface area contributed by atoms with Crippen LogP contribution in [0.5, 0.6) is 0 Å². The number of nitrogens with zero attached hydrogens (tertiary/aromatic N) is 3. The van der Waals surface area contributed by atoms with Crippen molar-refractivity contribution in [1.82, 2.24) is 0 Å². The molecule has 7 nitrogen and oxygen atoms in total. The summed E-state index contributed by atoms with van der Waals surface area (Å²) in [6.45, 7) is 4.39. The lowest BCUT2D eigenvalue weighted by molar-refractivity contribution is -0.158. The molecule has 0 aliphatic rings. The number of hydrogen-bond donors (Lipinski definition) is 0. The first-order valence-electron chi connectivity index (χ1n) is 15.0. The Morgan fingerprint density at radius 2 is 1.03 bits per heavy atom. The molecule has 7 heteroatoms. The summed E-state index contributed by atoms with van der Waals surface area (Å²) in [4.78, 5) is 27.0. The van der Waals surface area contributed by atoms with Gasteiger partial charge in [-0.2, -0.15) is 0 Å². The zero-order valence-electron chi connectivity index (χ0n) is 23.5. The summed E-state index contributed by atoms with van der Waals surface area (Å²) in [5, 5.41) is 3.50. The largest absolute Gasteiger partial charge is 0.462 e. The van der Waals surface area contributed by atoms with Crippen LogP contribution in [0.15, 0.2) is 5.11 Å². The van der Waals surface area contributed by atoms with Crippen molar-refractivity contribution in [3.05, 3.63) is 10.4 Å². The van der Waals surface area contributed by atoms with Gasteiger partial charge < -0.3 is 9.47 Å². The molecule has 0 aliphatic carbocycles.